The van der Waals surface area contributed by atoms with Gasteiger partial charge >= 0.3 is 5.97 Å². The summed E-state index contributed by atoms with van der Waals surface area (Å²) >= 11 is 0. The van der Waals surface area contributed by atoms with Gasteiger partial charge in [0.1, 0.15) is 0 Å². The summed E-state index contributed by atoms with van der Waals surface area (Å²) in [6.45, 7) is 0.598. The first-order valence-corrected chi connectivity index (χ1v) is 4.62. The summed E-state index contributed by atoms with van der Waals surface area (Å²) in [7, 11) is 1.35. The smallest absolute Gasteiger partial charge is 0.337 e. The standard InChI is InChI=1S/C11H13NO3/c1-15-11(14)10-4-2-9(3-5-10)6-7-12-8-13/h2-5,8H,6-7H2,1H3,(H,12,13). The van der Waals surface area contributed by atoms with E-state index in [9.17, 15) is 9.59 Å². The summed E-state index contributed by atoms with van der Waals surface area (Å²) in [6.07, 6.45) is 1.42. The molecule has 4 heteroatoms. The van der Waals surface area contributed by atoms with E-state index < -0.39 is 0 Å². The lowest BCUT2D eigenvalue weighted by atomic mass is 10.1. The summed E-state index contributed by atoms with van der Waals surface area (Å²) in [5.74, 6) is -0.340. The quantitative estimate of drug-likeness (QED) is 0.440. The summed E-state index contributed by atoms with van der Waals surface area (Å²) in [5, 5.41) is 2.57. The molecule has 0 radical (unpaired) electrons. The highest BCUT2D eigenvalue weighted by Crippen LogP contribution is 2.05. The Hall–Kier alpha value is -1.84. The number of ether oxygens (including phenoxy) is 1. The van der Waals surface area contributed by atoms with Crippen LogP contribution in [0.1, 0.15) is 15.9 Å². The molecule has 1 aromatic carbocycles. The molecule has 0 fully saturated rings. The van der Waals surface area contributed by atoms with Crippen molar-refractivity contribution in [1.82, 2.24) is 5.32 Å². The Balaban J connectivity index is 2.56. The minimum atomic E-state index is -0.340. The van der Waals surface area contributed by atoms with E-state index in [-0.39, 0.29) is 5.97 Å². The van der Waals surface area contributed by atoms with E-state index in [0.717, 1.165) is 12.0 Å². The zero-order chi connectivity index (χ0) is 11.1. The zero-order valence-corrected chi connectivity index (χ0v) is 8.53. The molecule has 1 aromatic rings. The van der Waals surface area contributed by atoms with Gasteiger partial charge in [0.15, 0.2) is 0 Å². The third-order valence-corrected chi connectivity index (χ3v) is 2.02. The number of hydrogen-bond acceptors (Lipinski definition) is 3. The molecule has 0 saturated heterocycles. The molecule has 4 nitrogen and oxygen atoms in total. The van der Waals surface area contributed by atoms with Gasteiger partial charge in [-0.1, -0.05) is 12.1 Å². The van der Waals surface area contributed by atoms with Crippen molar-refractivity contribution in [2.75, 3.05) is 13.7 Å². The van der Waals surface area contributed by atoms with Gasteiger partial charge in [-0.05, 0) is 24.1 Å². The predicted octanol–water partition coefficient (Wildman–Crippen LogP) is 0.762. The van der Waals surface area contributed by atoms with Crippen LogP contribution in [0.5, 0.6) is 0 Å². The van der Waals surface area contributed by atoms with Gasteiger partial charge in [-0.25, -0.2) is 4.79 Å². The van der Waals surface area contributed by atoms with E-state index in [1.165, 1.54) is 7.11 Å². The molecule has 0 heterocycles. The minimum Gasteiger partial charge on any atom is -0.465 e. The number of esters is 1. The Morgan fingerprint density at radius 1 is 1.40 bits per heavy atom. The van der Waals surface area contributed by atoms with Crippen LogP contribution < -0.4 is 5.32 Å². The van der Waals surface area contributed by atoms with Crippen LogP contribution in [0.3, 0.4) is 0 Å². The number of hydrogen-bond donors (Lipinski definition) is 1. The van der Waals surface area contributed by atoms with Gasteiger partial charge < -0.3 is 10.1 Å². The van der Waals surface area contributed by atoms with Crippen molar-refractivity contribution >= 4 is 12.4 Å². The number of carbonyl (C=O) groups is 2. The van der Waals surface area contributed by atoms with Gasteiger partial charge in [-0.3, -0.25) is 4.79 Å². The Labute approximate surface area is 88.2 Å². The molecule has 0 aliphatic heterocycles. The van der Waals surface area contributed by atoms with Crippen molar-refractivity contribution in [2.45, 2.75) is 6.42 Å². The fourth-order valence-corrected chi connectivity index (χ4v) is 1.20. The van der Waals surface area contributed by atoms with Crippen LogP contribution in [0.2, 0.25) is 0 Å². The maximum atomic E-state index is 11.1. The Morgan fingerprint density at radius 2 is 2.07 bits per heavy atom. The third kappa shape index (κ3) is 3.42. The Bertz CT molecular complexity index is 332. The van der Waals surface area contributed by atoms with Crippen LogP contribution in [0.4, 0.5) is 0 Å². The summed E-state index contributed by atoms with van der Waals surface area (Å²) in [4.78, 5) is 21.1. The first-order chi connectivity index (χ1) is 7.27. The molecular formula is C11H13NO3. The van der Waals surface area contributed by atoms with Crippen LogP contribution in [0.25, 0.3) is 0 Å². The maximum absolute atomic E-state index is 11.1. The highest BCUT2D eigenvalue weighted by molar-refractivity contribution is 5.89. The molecule has 1 rings (SSSR count). The van der Waals surface area contributed by atoms with E-state index >= 15 is 0 Å². The summed E-state index contributed by atoms with van der Waals surface area (Å²) in [5.41, 5.74) is 1.60. The summed E-state index contributed by atoms with van der Waals surface area (Å²) < 4.78 is 4.58. The molecule has 15 heavy (non-hydrogen) atoms. The predicted molar refractivity (Wildman–Crippen MR) is 55.6 cm³/mol. The lowest BCUT2D eigenvalue weighted by Gasteiger charge is -2.02. The molecule has 0 aliphatic rings. The highest BCUT2D eigenvalue weighted by Gasteiger charge is 2.03. The van der Waals surface area contributed by atoms with Crippen molar-refractivity contribution in [1.29, 1.82) is 0 Å². The first-order valence-electron chi connectivity index (χ1n) is 4.62. The second-order valence-electron chi connectivity index (χ2n) is 3.01. The number of nitrogens with one attached hydrogen (secondary N) is 1. The van der Waals surface area contributed by atoms with Crippen molar-refractivity contribution < 1.29 is 14.3 Å². The number of rotatable bonds is 5. The molecular weight excluding hydrogens is 194 g/mol. The third-order valence-electron chi connectivity index (χ3n) is 2.02. The van der Waals surface area contributed by atoms with Crippen molar-refractivity contribution in [2.24, 2.45) is 0 Å². The average Bonchev–Trinajstić information content (AvgIpc) is 2.29. The molecule has 80 valence electrons. The van der Waals surface area contributed by atoms with Crippen LogP contribution >= 0.6 is 0 Å². The van der Waals surface area contributed by atoms with Crippen molar-refractivity contribution in [3.05, 3.63) is 35.4 Å². The van der Waals surface area contributed by atoms with Gasteiger partial charge in [0, 0.05) is 6.54 Å². The molecule has 0 bridgehead atoms. The molecule has 0 unspecified atom stereocenters. The molecule has 1 N–H and O–H groups in total. The number of carbonyl (C=O) groups excluding carboxylic acids is 2. The van der Waals surface area contributed by atoms with Crippen LogP contribution in [-0.4, -0.2) is 26.0 Å². The Morgan fingerprint density at radius 3 is 2.60 bits per heavy atom. The molecule has 1 amide bonds. The minimum absolute atomic E-state index is 0.340. The number of benzene rings is 1. The van der Waals surface area contributed by atoms with E-state index in [4.69, 9.17) is 0 Å². The SMILES string of the molecule is COC(=O)c1ccc(CCNC=O)cc1. The molecule has 0 aliphatic carbocycles. The topological polar surface area (TPSA) is 55.4 Å². The average molecular weight is 207 g/mol. The molecule has 0 aromatic heterocycles. The van der Waals surface area contributed by atoms with Crippen LogP contribution in [-0.2, 0) is 16.0 Å². The van der Waals surface area contributed by atoms with E-state index in [2.05, 4.69) is 10.1 Å². The monoisotopic (exact) mass is 207 g/mol. The van der Waals surface area contributed by atoms with E-state index in [0.29, 0.717) is 18.5 Å². The van der Waals surface area contributed by atoms with Crippen LogP contribution in [0.15, 0.2) is 24.3 Å². The number of amides is 1. The molecule has 0 saturated carbocycles. The van der Waals surface area contributed by atoms with Crippen molar-refractivity contribution in [3.8, 4) is 0 Å². The van der Waals surface area contributed by atoms with Gasteiger partial charge in [-0.2, -0.15) is 0 Å². The Kier molecular flexibility index (Phi) is 4.34. The second-order valence-corrected chi connectivity index (χ2v) is 3.01. The van der Waals surface area contributed by atoms with E-state index in [1.54, 1.807) is 12.1 Å². The lowest BCUT2D eigenvalue weighted by molar-refractivity contribution is -0.109. The van der Waals surface area contributed by atoms with E-state index in [1.807, 2.05) is 12.1 Å². The first kappa shape index (κ1) is 11.2. The van der Waals surface area contributed by atoms with Gasteiger partial charge in [-0.15, -0.1) is 0 Å². The summed E-state index contributed by atoms with van der Waals surface area (Å²) in [6, 6.07) is 7.11. The second kappa shape index (κ2) is 5.80. The van der Waals surface area contributed by atoms with Gasteiger partial charge in [0.05, 0.1) is 12.7 Å². The highest BCUT2D eigenvalue weighted by atomic mass is 16.5. The van der Waals surface area contributed by atoms with Gasteiger partial charge in [0.25, 0.3) is 0 Å². The maximum Gasteiger partial charge on any atom is 0.337 e. The molecule has 0 atom stereocenters. The fourth-order valence-electron chi connectivity index (χ4n) is 1.20. The van der Waals surface area contributed by atoms with Crippen LogP contribution in [0, 0.1) is 0 Å². The zero-order valence-electron chi connectivity index (χ0n) is 8.53. The lowest BCUT2D eigenvalue weighted by Crippen LogP contribution is -2.14. The van der Waals surface area contributed by atoms with Gasteiger partial charge in [0.2, 0.25) is 6.41 Å². The largest absolute Gasteiger partial charge is 0.465 e. The fraction of sp³-hybridized carbons (Fsp3) is 0.273. The molecule has 0 spiro atoms. The van der Waals surface area contributed by atoms with Crippen molar-refractivity contribution in [3.63, 3.8) is 0 Å². The number of methoxy groups -OCH3 is 1. The normalized spacial score (nSPS) is 9.40.